The van der Waals surface area contributed by atoms with E-state index in [0.29, 0.717) is 78.6 Å². The smallest absolute Gasteiger partial charge is 0.416 e. The zero-order valence-corrected chi connectivity index (χ0v) is 73.6. The number of carbonyl (C=O) groups excluding carboxylic acids is 5. The normalized spacial score (nSPS) is 10.6. The van der Waals surface area contributed by atoms with Crippen LogP contribution in [0.15, 0.2) is 182 Å². The molecule has 124 heavy (non-hydrogen) atoms. The van der Waals surface area contributed by atoms with Crippen molar-refractivity contribution in [3.63, 3.8) is 0 Å². The molecule has 10 aromatic rings. The van der Waals surface area contributed by atoms with Gasteiger partial charge in [-0.2, -0.15) is 13.2 Å². The highest BCUT2D eigenvalue weighted by atomic mass is 19.4. The Hall–Kier alpha value is -13.1. The summed E-state index contributed by atoms with van der Waals surface area (Å²) in [5.41, 5.74) is 16.3. The number of carbonyl (C=O) groups is 5. The summed E-state index contributed by atoms with van der Waals surface area (Å²) in [5, 5.41) is 13.1. The van der Waals surface area contributed by atoms with Crippen LogP contribution in [0.4, 0.5) is 78.8 Å². The number of anilines is 5. The highest BCUT2D eigenvalue weighted by molar-refractivity contribution is 5.88. The Bertz CT molecular complexity index is 5180. The minimum Gasteiger partial charge on any atom is -0.494 e. The van der Waals surface area contributed by atoms with E-state index in [1.165, 1.54) is 47.5 Å². The lowest BCUT2D eigenvalue weighted by Gasteiger charge is -2.16. The Morgan fingerprint density at radius 2 is 0.605 bits per heavy atom. The van der Waals surface area contributed by atoms with Crippen molar-refractivity contribution in [1.82, 2.24) is 0 Å². The summed E-state index contributed by atoms with van der Waals surface area (Å²) >= 11 is 0. The molecule has 0 aromatic heterocycles. The van der Waals surface area contributed by atoms with Crippen LogP contribution in [0.2, 0.25) is 0 Å². The zero-order valence-electron chi connectivity index (χ0n) is 73.6. The lowest BCUT2D eigenvalue weighted by atomic mass is 10.0. The van der Waals surface area contributed by atoms with Crippen LogP contribution in [0.1, 0.15) is 168 Å². The van der Waals surface area contributed by atoms with Crippen molar-refractivity contribution in [3.05, 3.63) is 288 Å². The molecule has 10 rings (SSSR count). The van der Waals surface area contributed by atoms with Crippen LogP contribution in [0.25, 0.3) is 0 Å². The number of amides is 5. The van der Waals surface area contributed by atoms with Crippen LogP contribution >= 0.6 is 0 Å². The molecule has 0 unspecified atom stereocenters. The maximum atomic E-state index is 13.4. The second-order valence-electron chi connectivity index (χ2n) is 28.7. The highest BCUT2D eigenvalue weighted by Crippen LogP contribution is 2.35. The first-order valence-electron chi connectivity index (χ1n) is 40.5. The molecule has 0 aliphatic carbocycles. The summed E-state index contributed by atoms with van der Waals surface area (Å²) < 4.78 is 137. The molecule has 27 heteroatoms. The maximum Gasteiger partial charge on any atom is 0.416 e. The number of benzene rings is 10. The number of halogens is 6. The summed E-state index contributed by atoms with van der Waals surface area (Å²) in [6, 6.07) is 52.1. The molecule has 0 bridgehead atoms. The molecule has 0 saturated carbocycles. The lowest BCUT2D eigenvalue weighted by Crippen LogP contribution is -2.16. The fourth-order valence-electron chi connectivity index (χ4n) is 12.0. The van der Waals surface area contributed by atoms with Gasteiger partial charge in [0.2, 0.25) is 0 Å². The Balaban J connectivity index is 0.000000240. The van der Waals surface area contributed by atoms with Gasteiger partial charge in [0, 0.05) is 33.4 Å². The molecule has 0 aliphatic heterocycles. The van der Waals surface area contributed by atoms with Gasteiger partial charge < -0.3 is 52.1 Å². The van der Waals surface area contributed by atoms with Crippen molar-refractivity contribution in [2.45, 2.75) is 176 Å². The minimum atomic E-state index is -4.49. The van der Waals surface area contributed by atoms with E-state index in [4.69, 9.17) is 52.1 Å². The summed E-state index contributed by atoms with van der Waals surface area (Å²) in [7, 11) is 0. The van der Waals surface area contributed by atoms with Gasteiger partial charge in [0.1, 0.15) is 73.3 Å². The third kappa shape index (κ3) is 33.7. The first kappa shape index (κ1) is 99.7. The average Bonchev–Trinajstić information content (AvgIpc) is 0.820. The van der Waals surface area contributed by atoms with Crippen LogP contribution in [-0.2, 0) is 62.9 Å². The fourth-order valence-corrected chi connectivity index (χ4v) is 12.0. The molecule has 0 radical (unpaired) electrons. The van der Waals surface area contributed by atoms with Gasteiger partial charge in [0.25, 0.3) is 6.43 Å². The number of rotatable bonds is 29. The molecule has 0 saturated heterocycles. The molecule has 0 spiro atoms. The summed E-state index contributed by atoms with van der Waals surface area (Å²) in [6.07, 6.45) is -10.0. The van der Waals surface area contributed by atoms with Gasteiger partial charge in [-0.1, -0.05) is 127 Å². The molecule has 0 fully saturated rings. The van der Waals surface area contributed by atoms with E-state index in [1.807, 2.05) is 166 Å². The predicted octanol–water partition coefficient (Wildman–Crippen LogP) is 25.9. The topological polar surface area (TPSA) is 247 Å². The van der Waals surface area contributed by atoms with Crippen molar-refractivity contribution in [1.29, 1.82) is 0 Å². The van der Waals surface area contributed by atoms with Gasteiger partial charge in [-0.3, -0.25) is 26.6 Å². The molecule has 5 N–H and O–H groups in total. The number of ether oxygens (including phenoxy) is 11. The Kier molecular flexibility index (Phi) is 40.5. The maximum absolute atomic E-state index is 13.4. The third-order valence-corrected chi connectivity index (χ3v) is 18.2. The zero-order chi connectivity index (χ0) is 91.2. The van der Waals surface area contributed by atoms with E-state index >= 15 is 0 Å². The molecule has 0 aliphatic rings. The summed E-state index contributed by atoms with van der Waals surface area (Å²) in [5.74, 6) is 4.31. The number of nitrogens with one attached hydrogen (secondary N) is 5. The van der Waals surface area contributed by atoms with Crippen LogP contribution in [0, 0.1) is 75.1 Å². The quantitative estimate of drug-likeness (QED) is 0.0216. The first-order valence-corrected chi connectivity index (χ1v) is 40.5. The first-order chi connectivity index (χ1) is 59.0. The van der Waals surface area contributed by atoms with Gasteiger partial charge in [-0.05, 0) is 247 Å². The Morgan fingerprint density at radius 3 is 0.927 bits per heavy atom. The largest absolute Gasteiger partial charge is 0.494 e. The summed E-state index contributed by atoms with van der Waals surface area (Å²) in [6.45, 7) is 37.2. The van der Waals surface area contributed by atoms with Crippen molar-refractivity contribution in [2.24, 2.45) is 0 Å². The molecule has 664 valence electrons. The van der Waals surface area contributed by atoms with Crippen LogP contribution in [0.3, 0.4) is 0 Å². The van der Waals surface area contributed by atoms with Crippen molar-refractivity contribution < 1.29 is 102 Å². The van der Waals surface area contributed by atoms with E-state index in [-0.39, 0.29) is 56.5 Å². The van der Waals surface area contributed by atoms with Crippen LogP contribution < -0.4 is 55.0 Å². The molecule has 5 amide bonds. The number of alkyl halides is 5. The van der Waals surface area contributed by atoms with Gasteiger partial charge in [-0.25, -0.2) is 37.1 Å². The van der Waals surface area contributed by atoms with E-state index < -0.39 is 54.4 Å². The molecule has 0 heterocycles. The number of aryl methyl sites for hydroxylation is 10. The molecule has 10 aromatic carbocycles. The number of hydrogen-bond acceptors (Lipinski definition) is 16. The minimum absolute atomic E-state index is 0.0478. The van der Waals surface area contributed by atoms with E-state index in [0.717, 1.165) is 102 Å². The predicted molar refractivity (Wildman–Crippen MR) is 472 cm³/mol. The Labute approximate surface area is 722 Å². The number of hydrogen-bond donors (Lipinski definition) is 5. The molecular weight excluding hydrogens is 1610 g/mol. The van der Waals surface area contributed by atoms with Gasteiger partial charge in [0.05, 0.1) is 73.6 Å². The SMILES string of the molecule is CCOC(=O)Nc1cc(C(C)C)ccc1COc1ccc(C)cc1C.CCOC(=O)Nc1cc(F)ccc1COc1ccc(C)cc1C.CCOC(=O)Nc1ccc(C(F)(F)F)cc1COc1ccc(C)cc1C.CCOC(=O)Nc1ccc(C(F)F)cc1COc1ccc(C)cc1C.CCOC(=O)Nc1ccc(OCC)cc1COc1ccc(C)cc1C. The summed E-state index contributed by atoms with van der Waals surface area (Å²) in [4.78, 5) is 58.4. The van der Waals surface area contributed by atoms with Crippen LogP contribution in [-0.4, -0.2) is 70.1 Å². The standard InChI is InChI=1S/C21H27NO3.C20H25NO4.C19H20F3NO3.C19H21F2NO3.C18H20FNO3/c1-6-24-21(23)22-19-12-17(14(2)3)8-9-18(19)13-25-20-10-7-15(4)11-16(20)5;1-5-23-17-8-9-18(21-20(22)24-6-2)16(12-17)13-25-19-10-7-14(3)11-15(19)4;1-4-25-18(24)23-16-7-6-15(19(20,21)22)10-14(16)11-26-17-8-5-12(2)9-13(17)3;1-4-24-19(23)22-16-7-6-14(18(20)21)10-15(16)11-25-17-8-5-12(2)9-13(17)3;1-4-22-18(21)20-16-10-15(19)7-6-14(16)11-23-17-8-5-12(2)9-13(17)3/h7-12,14H,6,13H2,1-5H3,(H,22,23);7-12H,5-6,13H2,1-4H3,(H,21,22);5-10H,4,11H2,1-3H3,(H,23,24);5-10,18H,4,11H2,1-3H3,(H,22,23);5-10H,4,11H2,1-3H3,(H,20,21). The second-order valence-corrected chi connectivity index (χ2v) is 28.7. The Morgan fingerprint density at radius 1 is 0.306 bits per heavy atom. The lowest BCUT2D eigenvalue weighted by molar-refractivity contribution is -0.137. The molecule has 21 nitrogen and oxygen atoms in total. The van der Waals surface area contributed by atoms with E-state index in [2.05, 4.69) is 65.6 Å². The highest BCUT2D eigenvalue weighted by Gasteiger charge is 2.31. The second kappa shape index (κ2) is 50.4. The van der Waals surface area contributed by atoms with Gasteiger partial charge in [-0.15, -0.1) is 0 Å². The monoisotopic (exact) mass is 1720 g/mol. The molecular formula is C97H113F6N5O16. The van der Waals surface area contributed by atoms with E-state index in [9.17, 15) is 50.3 Å². The van der Waals surface area contributed by atoms with Crippen molar-refractivity contribution in [3.8, 4) is 34.5 Å². The van der Waals surface area contributed by atoms with Gasteiger partial charge >= 0.3 is 36.6 Å². The average molecular weight is 1720 g/mol. The van der Waals surface area contributed by atoms with Gasteiger partial charge in [0.15, 0.2) is 0 Å². The fraction of sp³-hybridized carbons (Fsp3) is 0.330. The molecule has 0 atom stereocenters. The third-order valence-electron chi connectivity index (χ3n) is 18.2. The van der Waals surface area contributed by atoms with Crippen molar-refractivity contribution >= 4 is 58.9 Å². The van der Waals surface area contributed by atoms with Crippen LogP contribution in [0.5, 0.6) is 34.5 Å². The van der Waals surface area contributed by atoms with Crippen molar-refractivity contribution in [2.75, 3.05) is 66.2 Å². The van der Waals surface area contributed by atoms with E-state index in [1.54, 1.807) is 52.8 Å².